The minimum absolute atomic E-state index is 0.112. The Labute approximate surface area is 90.8 Å². The molecule has 84 valence electrons. The van der Waals surface area contributed by atoms with E-state index in [1.165, 1.54) is 4.40 Å². The normalized spacial score (nSPS) is 11.2. The molecule has 0 radical (unpaired) electrons. The maximum absolute atomic E-state index is 11.6. The Balaban J connectivity index is 2.81. The highest BCUT2D eigenvalue weighted by Gasteiger charge is 2.12. The van der Waals surface area contributed by atoms with Crippen molar-refractivity contribution in [3.05, 3.63) is 34.5 Å². The van der Waals surface area contributed by atoms with E-state index >= 15 is 0 Å². The fourth-order valence-electron chi connectivity index (χ4n) is 1.52. The van der Waals surface area contributed by atoms with Gasteiger partial charge in [0.05, 0.1) is 0 Å². The molecule has 0 spiro atoms. The van der Waals surface area contributed by atoms with Gasteiger partial charge < -0.3 is 9.67 Å². The largest absolute Gasteiger partial charge is 0.477 e. The van der Waals surface area contributed by atoms with E-state index in [2.05, 4.69) is 4.98 Å². The predicted molar refractivity (Wildman–Crippen MR) is 56.8 cm³/mol. The van der Waals surface area contributed by atoms with Crippen LogP contribution in [0.25, 0.3) is 5.78 Å². The van der Waals surface area contributed by atoms with Gasteiger partial charge in [0.15, 0.2) is 5.69 Å². The minimum Gasteiger partial charge on any atom is -0.477 e. The van der Waals surface area contributed by atoms with Crippen LogP contribution < -0.4 is 5.56 Å². The number of hydrogen-bond donors (Lipinski definition) is 1. The fraction of sp³-hybridized carbons (Fsp3) is 0.300. The van der Waals surface area contributed by atoms with Crippen LogP contribution in [0.3, 0.4) is 0 Å². The fourth-order valence-corrected chi connectivity index (χ4v) is 1.52. The quantitative estimate of drug-likeness (QED) is 0.812. The first-order valence-electron chi connectivity index (χ1n) is 4.84. The number of aromatic carboxylic acids is 1. The molecule has 0 amide bonds. The van der Waals surface area contributed by atoms with Crippen LogP contribution in [0.15, 0.2) is 23.3 Å². The summed E-state index contributed by atoms with van der Waals surface area (Å²) in [7, 11) is 0. The van der Waals surface area contributed by atoms with Gasteiger partial charge in [0, 0.05) is 24.5 Å². The van der Waals surface area contributed by atoms with E-state index in [-0.39, 0.29) is 17.3 Å². The molecule has 0 saturated carbocycles. The zero-order chi connectivity index (χ0) is 11.9. The SMILES string of the molecule is CC(C)n1ccn2c(=O)cc(C(=O)O)nc12. The second-order valence-corrected chi connectivity index (χ2v) is 3.75. The molecule has 6 heteroatoms. The van der Waals surface area contributed by atoms with Crippen LogP contribution in [-0.2, 0) is 0 Å². The summed E-state index contributed by atoms with van der Waals surface area (Å²) in [6, 6.07) is 1.13. The van der Waals surface area contributed by atoms with Gasteiger partial charge in [-0.3, -0.25) is 9.20 Å². The molecule has 0 aliphatic carbocycles. The Kier molecular flexibility index (Phi) is 2.26. The van der Waals surface area contributed by atoms with Gasteiger partial charge in [-0.25, -0.2) is 9.78 Å². The molecule has 1 N–H and O–H groups in total. The molecule has 0 aliphatic heterocycles. The first-order chi connectivity index (χ1) is 7.50. The van der Waals surface area contributed by atoms with E-state index in [0.717, 1.165) is 6.07 Å². The van der Waals surface area contributed by atoms with Crippen LogP contribution in [-0.4, -0.2) is 25.0 Å². The third-order valence-corrected chi connectivity index (χ3v) is 2.32. The highest BCUT2D eigenvalue weighted by atomic mass is 16.4. The van der Waals surface area contributed by atoms with E-state index in [4.69, 9.17) is 5.11 Å². The van der Waals surface area contributed by atoms with E-state index in [1.54, 1.807) is 17.0 Å². The average molecular weight is 221 g/mol. The topological polar surface area (TPSA) is 76.6 Å². The van der Waals surface area contributed by atoms with Crippen molar-refractivity contribution in [2.45, 2.75) is 19.9 Å². The molecular formula is C10H11N3O3. The number of rotatable bonds is 2. The van der Waals surface area contributed by atoms with Crippen molar-refractivity contribution in [3.63, 3.8) is 0 Å². The van der Waals surface area contributed by atoms with Gasteiger partial charge in [-0.2, -0.15) is 0 Å². The summed E-state index contributed by atoms with van der Waals surface area (Å²) < 4.78 is 3.07. The lowest BCUT2D eigenvalue weighted by Gasteiger charge is -2.07. The number of carboxylic acids is 1. The van der Waals surface area contributed by atoms with Gasteiger partial charge in [-0.1, -0.05) is 0 Å². The number of carboxylic acid groups (broad SMARTS) is 1. The lowest BCUT2D eigenvalue weighted by atomic mass is 10.4. The van der Waals surface area contributed by atoms with Crippen molar-refractivity contribution in [3.8, 4) is 0 Å². The number of fused-ring (bicyclic) bond motifs is 1. The van der Waals surface area contributed by atoms with Gasteiger partial charge >= 0.3 is 5.97 Å². The molecule has 16 heavy (non-hydrogen) atoms. The Bertz CT molecular complexity index is 609. The molecule has 0 bridgehead atoms. The molecule has 0 unspecified atom stereocenters. The summed E-state index contributed by atoms with van der Waals surface area (Å²) in [6.07, 6.45) is 3.29. The molecule has 6 nitrogen and oxygen atoms in total. The number of carbonyl (C=O) groups is 1. The Morgan fingerprint density at radius 3 is 2.69 bits per heavy atom. The van der Waals surface area contributed by atoms with Crippen molar-refractivity contribution in [1.82, 2.24) is 14.0 Å². The zero-order valence-corrected chi connectivity index (χ0v) is 8.91. The van der Waals surface area contributed by atoms with Crippen molar-refractivity contribution in [1.29, 1.82) is 0 Å². The lowest BCUT2D eigenvalue weighted by Crippen LogP contribution is -2.18. The van der Waals surface area contributed by atoms with E-state index in [1.807, 2.05) is 13.8 Å². The van der Waals surface area contributed by atoms with Gasteiger partial charge in [0.1, 0.15) is 0 Å². The van der Waals surface area contributed by atoms with Crippen LogP contribution >= 0.6 is 0 Å². The zero-order valence-electron chi connectivity index (χ0n) is 8.91. The van der Waals surface area contributed by atoms with Crippen LogP contribution in [0, 0.1) is 0 Å². The highest BCUT2D eigenvalue weighted by Crippen LogP contribution is 2.09. The predicted octanol–water partition coefficient (Wildman–Crippen LogP) is 0.775. The van der Waals surface area contributed by atoms with E-state index in [9.17, 15) is 9.59 Å². The van der Waals surface area contributed by atoms with E-state index in [0.29, 0.717) is 5.78 Å². The molecule has 2 rings (SSSR count). The summed E-state index contributed by atoms with van der Waals surface area (Å²) >= 11 is 0. The molecule has 2 aromatic rings. The van der Waals surface area contributed by atoms with Gasteiger partial charge in [-0.05, 0) is 13.8 Å². The number of aromatic nitrogens is 3. The van der Waals surface area contributed by atoms with Crippen LogP contribution in [0.1, 0.15) is 30.4 Å². The van der Waals surface area contributed by atoms with Gasteiger partial charge in [0.2, 0.25) is 5.78 Å². The molecular weight excluding hydrogens is 210 g/mol. The summed E-state index contributed by atoms with van der Waals surface area (Å²) in [5.74, 6) is -0.851. The van der Waals surface area contributed by atoms with Crippen LogP contribution in [0.4, 0.5) is 0 Å². The Hall–Kier alpha value is -2.11. The smallest absolute Gasteiger partial charge is 0.354 e. The monoisotopic (exact) mass is 221 g/mol. The first kappa shape index (κ1) is 10.4. The molecule has 0 saturated heterocycles. The first-order valence-corrected chi connectivity index (χ1v) is 4.84. The van der Waals surface area contributed by atoms with Gasteiger partial charge in [-0.15, -0.1) is 0 Å². The van der Waals surface area contributed by atoms with Gasteiger partial charge in [0.25, 0.3) is 5.56 Å². The molecule has 0 fully saturated rings. The molecule has 0 atom stereocenters. The van der Waals surface area contributed by atoms with Crippen LogP contribution in [0.5, 0.6) is 0 Å². The minimum atomic E-state index is -1.20. The molecule has 0 aromatic carbocycles. The standard InChI is InChI=1S/C10H11N3O3/c1-6(2)12-3-4-13-8(14)5-7(9(15)16)11-10(12)13/h3-6H,1-2H3,(H,15,16). The summed E-state index contributed by atoms with van der Waals surface area (Å²) in [5, 5.41) is 8.82. The Morgan fingerprint density at radius 1 is 1.44 bits per heavy atom. The number of nitrogens with zero attached hydrogens (tertiary/aromatic N) is 3. The second-order valence-electron chi connectivity index (χ2n) is 3.75. The molecule has 0 aliphatic rings. The summed E-state index contributed by atoms with van der Waals surface area (Å²) in [5.41, 5.74) is -0.618. The highest BCUT2D eigenvalue weighted by molar-refractivity contribution is 5.85. The van der Waals surface area contributed by atoms with Crippen molar-refractivity contribution >= 4 is 11.7 Å². The maximum Gasteiger partial charge on any atom is 0.354 e. The summed E-state index contributed by atoms with van der Waals surface area (Å²) in [6.45, 7) is 3.86. The van der Waals surface area contributed by atoms with Crippen molar-refractivity contribution in [2.24, 2.45) is 0 Å². The molecule has 2 heterocycles. The number of imidazole rings is 1. The maximum atomic E-state index is 11.6. The number of hydrogen-bond acceptors (Lipinski definition) is 3. The Morgan fingerprint density at radius 2 is 2.12 bits per heavy atom. The van der Waals surface area contributed by atoms with Crippen molar-refractivity contribution in [2.75, 3.05) is 0 Å². The summed E-state index contributed by atoms with van der Waals surface area (Å²) in [4.78, 5) is 26.3. The third kappa shape index (κ3) is 1.48. The third-order valence-electron chi connectivity index (χ3n) is 2.32. The van der Waals surface area contributed by atoms with E-state index < -0.39 is 5.97 Å². The lowest BCUT2D eigenvalue weighted by molar-refractivity contribution is 0.0690. The molecule has 2 aromatic heterocycles. The average Bonchev–Trinajstić information content (AvgIpc) is 2.61. The second kappa shape index (κ2) is 3.48. The van der Waals surface area contributed by atoms with Crippen LogP contribution in [0.2, 0.25) is 0 Å². The van der Waals surface area contributed by atoms with Crippen molar-refractivity contribution < 1.29 is 9.90 Å².